The van der Waals surface area contributed by atoms with Crippen molar-refractivity contribution in [2.75, 3.05) is 19.8 Å². The number of carboxylic acid groups (broad SMARTS) is 1. The van der Waals surface area contributed by atoms with E-state index < -0.39 is 5.97 Å². The Hall–Kier alpha value is -6.38. The van der Waals surface area contributed by atoms with Crippen molar-refractivity contribution in [2.24, 2.45) is 15.1 Å². The summed E-state index contributed by atoms with van der Waals surface area (Å²) in [5.74, 6) is 1.69. The van der Waals surface area contributed by atoms with Crippen molar-refractivity contribution in [1.29, 1.82) is 0 Å². The van der Waals surface area contributed by atoms with E-state index in [2.05, 4.69) is 33.2 Å². The number of H-pyrrole nitrogens is 1. The van der Waals surface area contributed by atoms with Crippen LogP contribution in [0.15, 0.2) is 136 Å². The molecule has 0 unspecified atom stereocenters. The van der Waals surface area contributed by atoms with Crippen LogP contribution in [-0.2, 0) is 4.79 Å². The Morgan fingerprint density at radius 3 is 2.06 bits per heavy atom. The van der Waals surface area contributed by atoms with Gasteiger partial charge in [-0.3, -0.25) is 4.79 Å². The maximum absolute atomic E-state index is 10.9. The normalized spacial score (nSPS) is 13.0. The van der Waals surface area contributed by atoms with Crippen LogP contribution in [-0.4, -0.2) is 47.4 Å². The number of unbranched alkanes of at least 4 members (excludes halogenated alkanes) is 1. The minimum atomic E-state index is -0.903. The highest BCUT2D eigenvalue weighted by molar-refractivity contribution is 6.38. The summed E-state index contributed by atoms with van der Waals surface area (Å²) in [5.41, 5.74) is 15.8. The molecule has 10 heteroatoms. The number of aliphatic imine (C=N–C) groups is 2. The van der Waals surface area contributed by atoms with Gasteiger partial charge in [-0.05, 0) is 83.6 Å². The lowest BCUT2D eigenvalue weighted by molar-refractivity contribution is -0.137. The van der Waals surface area contributed by atoms with Crippen LogP contribution in [0.3, 0.4) is 0 Å². The van der Waals surface area contributed by atoms with E-state index in [0.29, 0.717) is 30.6 Å². The van der Waals surface area contributed by atoms with Crippen LogP contribution >= 0.6 is 0 Å². The number of aromatic amines is 1. The molecule has 1 aliphatic rings. The molecule has 2 N–H and O–H groups in total. The van der Waals surface area contributed by atoms with Crippen LogP contribution in [0.2, 0.25) is 0 Å². The maximum Gasteiger partial charge on any atom is 0.306 e. The number of allylic oxidation sites excluding steroid dienone is 1. The van der Waals surface area contributed by atoms with Crippen LogP contribution in [0, 0.1) is 0 Å². The molecule has 0 spiro atoms. The highest BCUT2D eigenvalue weighted by Gasteiger charge is 2.21. The molecule has 0 bridgehead atoms. The summed E-state index contributed by atoms with van der Waals surface area (Å²) in [5, 5.41) is 12.5. The second-order valence-corrected chi connectivity index (χ2v) is 11.2. The fraction of sp³-hybridized carbons (Fsp3) is 0.154. The van der Waals surface area contributed by atoms with Crippen molar-refractivity contribution < 1.29 is 19.4 Å². The van der Waals surface area contributed by atoms with Crippen molar-refractivity contribution in [1.82, 2.24) is 4.98 Å². The molecule has 6 rings (SSSR count). The first kappa shape index (κ1) is 32.6. The lowest BCUT2D eigenvalue weighted by Crippen LogP contribution is -2.04. The lowest BCUT2D eigenvalue weighted by atomic mass is 10.0. The Bertz CT molecular complexity index is 2030. The van der Waals surface area contributed by atoms with Gasteiger partial charge in [-0.15, -0.1) is 0 Å². The molecule has 0 saturated heterocycles. The molecule has 2 heterocycles. The molecule has 0 saturated carbocycles. The molecule has 5 aromatic rings. The number of aromatic nitrogens is 1. The third kappa shape index (κ3) is 8.51. The Labute approximate surface area is 283 Å². The van der Waals surface area contributed by atoms with Crippen molar-refractivity contribution >= 4 is 28.9 Å². The van der Waals surface area contributed by atoms with E-state index in [-0.39, 0.29) is 13.0 Å². The third-order valence-electron chi connectivity index (χ3n) is 7.82. The third-order valence-corrected chi connectivity index (χ3v) is 7.82. The number of benzene rings is 4. The molecule has 1 aromatic heterocycles. The Balaban J connectivity index is 1.32. The standard InChI is InChI=1S/C39H34N6O4/c40-45-41-22-7-8-23-48-31-19-15-30(16-20-31)36-25-33(27-9-3-1-4-10-27)38(43-36)44-39-34(26-35(42-39)29-11-5-2-6-12-29)28-13-17-32(18-14-28)49-24-21-37(46)47/h1-6,9-20,25-26,43H,7-8,21-24H2,(H,46,47)/b44-39-. The molecule has 49 heavy (non-hydrogen) atoms. The zero-order chi connectivity index (χ0) is 33.8. The summed E-state index contributed by atoms with van der Waals surface area (Å²) in [7, 11) is 0. The first-order valence-electron chi connectivity index (χ1n) is 16.0. The van der Waals surface area contributed by atoms with Gasteiger partial charge in [0.1, 0.15) is 17.3 Å². The molecule has 244 valence electrons. The number of nitrogens with one attached hydrogen (secondary N) is 1. The Kier molecular flexibility index (Phi) is 10.6. The minimum absolute atomic E-state index is 0.0704. The van der Waals surface area contributed by atoms with E-state index in [0.717, 1.165) is 63.4 Å². The molecule has 0 aliphatic carbocycles. The zero-order valence-electron chi connectivity index (χ0n) is 26.7. The van der Waals surface area contributed by atoms with E-state index in [4.69, 9.17) is 30.1 Å². The maximum atomic E-state index is 10.9. The number of aliphatic carboxylic acids is 1. The van der Waals surface area contributed by atoms with Gasteiger partial charge in [-0.25, -0.2) is 9.98 Å². The predicted molar refractivity (Wildman–Crippen MR) is 193 cm³/mol. The number of amidine groups is 1. The average Bonchev–Trinajstić information content (AvgIpc) is 3.76. The van der Waals surface area contributed by atoms with Gasteiger partial charge in [0.05, 0.1) is 25.3 Å². The van der Waals surface area contributed by atoms with Crippen LogP contribution < -0.4 is 9.47 Å². The highest BCUT2D eigenvalue weighted by Crippen LogP contribution is 2.37. The molecule has 1 aliphatic heterocycles. The Morgan fingerprint density at radius 2 is 1.41 bits per heavy atom. The quantitative estimate of drug-likeness (QED) is 0.0503. The number of carbonyl (C=O) groups is 1. The van der Waals surface area contributed by atoms with Gasteiger partial charge in [0.25, 0.3) is 0 Å². The summed E-state index contributed by atoms with van der Waals surface area (Å²) in [6.07, 6.45) is 3.55. The van der Waals surface area contributed by atoms with Crippen molar-refractivity contribution in [3.63, 3.8) is 0 Å². The number of hydrogen-bond acceptors (Lipinski definition) is 5. The summed E-state index contributed by atoms with van der Waals surface area (Å²) < 4.78 is 11.5. The molecule has 0 atom stereocenters. The summed E-state index contributed by atoms with van der Waals surface area (Å²) >= 11 is 0. The van der Waals surface area contributed by atoms with Crippen LogP contribution in [0.4, 0.5) is 5.82 Å². The van der Waals surface area contributed by atoms with Gasteiger partial charge in [0.2, 0.25) is 0 Å². The number of carboxylic acids is 1. The Morgan fingerprint density at radius 1 is 0.776 bits per heavy atom. The van der Waals surface area contributed by atoms with Crippen molar-refractivity contribution in [3.8, 4) is 33.9 Å². The lowest BCUT2D eigenvalue weighted by Gasteiger charge is -2.08. The molecule has 0 amide bonds. The van der Waals surface area contributed by atoms with Crippen molar-refractivity contribution in [2.45, 2.75) is 19.3 Å². The number of rotatable bonds is 15. The van der Waals surface area contributed by atoms with Gasteiger partial charge in [0.15, 0.2) is 5.84 Å². The largest absolute Gasteiger partial charge is 0.494 e. The molecular formula is C39H34N6O4. The van der Waals surface area contributed by atoms with Crippen LogP contribution in [0.1, 0.15) is 30.4 Å². The van der Waals surface area contributed by atoms with Crippen LogP contribution in [0.25, 0.3) is 38.4 Å². The van der Waals surface area contributed by atoms with Gasteiger partial charge >= 0.3 is 5.97 Å². The van der Waals surface area contributed by atoms with E-state index in [1.165, 1.54) is 0 Å². The van der Waals surface area contributed by atoms with Gasteiger partial charge in [-0.1, -0.05) is 77.9 Å². The highest BCUT2D eigenvalue weighted by atomic mass is 16.5. The fourth-order valence-electron chi connectivity index (χ4n) is 5.33. The molecule has 0 radical (unpaired) electrons. The SMILES string of the molecule is [N-]=[N+]=NCCCCOc1ccc(-c2cc(-c3ccccc3)c(/N=C3\N=C(c4ccccc4)C=C3c3ccc(OCCC(=O)O)cc3)[nH]2)cc1. The smallest absolute Gasteiger partial charge is 0.306 e. The topological polar surface area (TPSA) is 145 Å². The fourth-order valence-corrected chi connectivity index (χ4v) is 5.33. The molecule has 0 fully saturated rings. The van der Waals surface area contributed by atoms with E-state index in [1.54, 1.807) is 0 Å². The second kappa shape index (κ2) is 15.9. The van der Waals surface area contributed by atoms with Crippen molar-refractivity contribution in [3.05, 3.63) is 143 Å². The zero-order valence-corrected chi connectivity index (χ0v) is 26.7. The molecular weight excluding hydrogens is 616 g/mol. The average molecular weight is 651 g/mol. The number of azide groups is 1. The summed E-state index contributed by atoms with van der Waals surface area (Å²) in [6.45, 7) is 1.11. The van der Waals surface area contributed by atoms with E-state index in [9.17, 15) is 4.79 Å². The minimum Gasteiger partial charge on any atom is -0.494 e. The summed E-state index contributed by atoms with van der Waals surface area (Å²) in [4.78, 5) is 27.4. The number of ether oxygens (including phenoxy) is 2. The van der Waals surface area contributed by atoms with E-state index >= 15 is 0 Å². The molecule has 4 aromatic carbocycles. The van der Waals surface area contributed by atoms with Gasteiger partial charge in [0, 0.05) is 33.9 Å². The first-order chi connectivity index (χ1) is 24.1. The van der Waals surface area contributed by atoms with Gasteiger partial charge in [-0.2, -0.15) is 0 Å². The second-order valence-electron chi connectivity index (χ2n) is 11.2. The van der Waals surface area contributed by atoms with E-state index in [1.807, 2.05) is 103 Å². The first-order valence-corrected chi connectivity index (χ1v) is 16.0. The van der Waals surface area contributed by atoms with Gasteiger partial charge < -0.3 is 19.6 Å². The number of nitrogens with zero attached hydrogens (tertiary/aromatic N) is 5. The van der Waals surface area contributed by atoms with Crippen LogP contribution in [0.5, 0.6) is 11.5 Å². The molecule has 10 nitrogen and oxygen atoms in total. The monoisotopic (exact) mass is 650 g/mol. The predicted octanol–water partition coefficient (Wildman–Crippen LogP) is 9.29. The summed E-state index contributed by atoms with van der Waals surface area (Å²) in [6, 6.07) is 37.6. The number of hydrogen-bond donors (Lipinski definition) is 2.